The highest BCUT2D eigenvalue weighted by Crippen LogP contribution is 2.20. The van der Waals surface area contributed by atoms with Crippen LogP contribution in [-0.4, -0.2) is 65.5 Å². The van der Waals surface area contributed by atoms with E-state index in [4.69, 9.17) is 5.73 Å². The molecule has 0 fully saturated rings. The van der Waals surface area contributed by atoms with Crippen molar-refractivity contribution in [2.45, 2.75) is 12.4 Å². The van der Waals surface area contributed by atoms with Gasteiger partial charge < -0.3 is 15.8 Å². The number of nitrogens with two attached hydrogens (primary N) is 1. The summed E-state index contributed by atoms with van der Waals surface area (Å²) in [6, 6.07) is 11.3. The second kappa shape index (κ2) is 9.28. The summed E-state index contributed by atoms with van der Waals surface area (Å²) >= 11 is 0. The highest BCUT2D eigenvalue weighted by atomic mass is 19.4. The van der Waals surface area contributed by atoms with Crippen molar-refractivity contribution in [1.29, 1.82) is 0 Å². The van der Waals surface area contributed by atoms with Crippen molar-refractivity contribution in [2.24, 2.45) is 5.73 Å². The second-order valence-electron chi connectivity index (χ2n) is 7.26. The van der Waals surface area contributed by atoms with Crippen molar-refractivity contribution in [1.82, 2.24) is 20.0 Å². The fourth-order valence-electron chi connectivity index (χ4n) is 2.94. The average Bonchev–Trinajstić information content (AvgIpc) is 3.19. The van der Waals surface area contributed by atoms with Crippen LogP contribution in [0.25, 0.3) is 16.6 Å². The number of fused-ring (bicyclic) bond motifs is 1. The van der Waals surface area contributed by atoms with E-state index in [9.17, 15) is 27.6 Å². The lowest BCUT2D eigenvalue weighted by Gasteiger charge is -2.24. The molecule has 1 heterocycles. The van der Waals surface area contributed by atoms with Crippen LogP contribution in [0, 0.1) is 0 Å². The summed E-state index contributed by atoms with van der Waals surface area (Å²) in [5.74, 6) is -3.51. The Hall–Kier alpha value is -3.93. The normalized spacial score (nSPS) is 12.5. The number of nitrogens with zero attached hydrogens (tertiary/aromatic N) is 3. The number of hydrogen-bond acceptors (Lipinski definition) is 6. The molecule has 3 N–H and O–H groups in total. The predicted octanol–water partition coefficient (Wildman–Crippen LogP) is 1.85. The van der Waals surface area contributed by atoms with E-state index in [-0.39, 0.29) is 17.7 Å². The molecule has 2 aromatic carbocycles. The first-order valence-electron chi connectivity index (χ1n) is 9.58. The quantitative estimate of drug-likeness (QED) is 0.408. The highest BCUT2D eigenvalue weighted by molar-refractivity contribution is 6.04. The number of likely N-dealkylation sites (N-methyl/N-ethyl adjacent to an activating group) is 1. The van der Waals surface area contributed by atoms with Crippen LogP contribution in [0.2, 0.25) is 0 Å². The fourth-order valence-corrected chi connectivity index (χ4v) is 2.94. The summed E-state index contributed by atoms with van der Waals surface area (Å²) in [5, 5.41) is 7.52. The van der Waals surface area contributed by atoms with E-state index in [1.165, 1.54) is 35.8 Å². The molecule has 33 heavy (non-hydrogen) atoms. The molecule has 0 saturated heterocycles. The minimum Gasteiger partial charge on any atom is -0.438 e. The van der Waals surface area contributed by atoms with Crippen LogP contribution in [0.15, 0.2) is 48.7 Å². The molecular weight excluding hydrogens is 443 g/mol. The minimum atomic E-state index is -5.14. The summed E-state index contributed by atoms with van der Waals surface area (Å²) in [6.45, 7) is -0.351. The Kier molecular flexibility index (Phi) is 6.68. The Morgan fingerprint density at radius 1 is 1.15 bits per heavy atom. The Morgan fingerprint density at radius 3 is 2.39 bits per heavy atom. The number of alkyl halides is 3. The summed E-state index contributed by atoms with van der Waals surface area (Å²) in [6.07, 6.45) is -4.74. The van der Waals surface area contributed by atoms with E-state index >= 15 is 0 Å². The van der Waals surface area contributed by atoms with Crippen molar-refractivity contribution in [3.05, 3.63) is 59.8 Å². The maximum Gasteiger partial charge on any atom is 0.490 e. The van der Waals surface area contributed by atoms with Crippen molar-refractivity contribution in [2.75, 3.05) is 20.6 Å². The molecule has 0 aliphatic heterocycles. The van der Waals surface area contributed by atoms with Crippen molar-refractivity contribution in [3.8, 4) is 5.69 Å². The van der Waals surface area contributed by atoms with E-state index < -0.39 is 30.2 Å². The smallest absolute Gasteiger partial charge is 0.438 e. The SMILES string of the molecule is CN(C)C(CNC(=O)c1ccc(-n2cc3cccc(C(N)=O)c3n2)cc1)OC(=O)C(F)(F)F. The molecule has 0 saturated carbocycles. The Balaban J connectivity index is 1.70. The first kappa shape index (κ1) is 23.7. The summed E-state index contributed by atoms with van der Waals surface area (Å²) < 4.78 is 43.2. The van der Waals surface area contributed by atoms with Crippen LogP contribution < -0.4 is 11.1 Å². The van der Waals surface area contributed by atoms with E-state index in [1.807, 2.05) is 0 Å². The number of carbonyl (C=O) groups is 3. The number of rotatable bonds is 7. The largest absolute Gasteiger partial charge is 0.490 e. The third kappa shape index (κ3) is 5.47. The standard InChI is InChI=1S/C21H20F3N5O4/c1-28(2)16(33-20(32)21(22,23)24)10-26-19(31)12-6-8-14(9-7-12)29-11-13-4-3-5-15(18(25)30)17(13)27-29/h3-9,11,16H,10H2,1-2H3,(H2,25,30)(H,26,31). The predicted molar refractivity (Wildman–Crippen MR) is 112 cm³/mol. The van der Waals surface area contributed by atoms with E-state index in [2.05, 4.69) is 15.2 Å². The van der Waals surface area contributed by atoms with Crippen molar-refractivity contribution in [3.63, 3.8) is 0 Å². The zero-order valence-electron chi connectivity index (χ0n) is 17.6. The number of hydrogen-bond donors (Lipinski definition) is 2. The molecule has 0 spiro atoms. The van der Waals surface area contributed by atoms with Gasteiger partial charge in [-0.1, -0.05) is 12.1 Å². The number of nitrogens with one attached hydrogen (secondary N) is 1. The lowest BCUT2D eigenvalue weighted by atomic mass is 10.1. The Morgan fingerprint density at radius 2 is 1.82 bits per heavy atom. The van der Waals surface area contributed by atoms with Gasteiger partial charge in [-0.3, -0.25) is 14.5 Å². The fraction of sp³-hybridized carbons (Fsp3) is 0.238. The van der Waals surface area contributed by atoms with Crippen LogP contribution in [0.3, 0.4) is 0 Å². The van der Waals surface area contributed by atoms with Crippen LogP contribution >= 0.6 is 0 Å². The molecule has 0 aliphatic rings. The van der Waals surface area contributed by atoms with Crippen LogP contribution in [0.1, 0.15) is 20.7 Å². The molecule has 174 valence electrons. The van der Waals surface area contributed by atoms with Gasteiger partial charge in [-0.25, -0.2) is 9.48 Å². The molecule has 0 aliphatic carbocycles. The first-order chi connectivity index (χ1) is 15.5. The summed E-state index contributed by atoms with van der Waals surface area (Å²) in [5.41, 5.74) is 6.93. The van der Waals surface area contributed by atoms with Crippen LogP contribution in [-0.2, 0) is 9.53 Å². The topological polar surface area (TPSA) is 120 Å². The molecule has 1 unspecified atom stereocenters. The number of esters is 1. The Labute approximate surface area is 185 Å². The number of carbonyl (C=O) groups excluding carboxylic acids is 3. The molecular formula is C21H20F3N5O4. The number of ether oxygens (including phenoxy) is 1. The van der Waals surface area contributed by atoms with Crippen molar-refractivity contribution < 1.29 is 32.3 Å². The van der Waals surface area contributed by atoms with Gasteiger partial charge in [0.1, 0.15) is 5.52 Å². The number of benzene rings is 2. The minimum absolute atomic E-state index is 0.230. The van der Waals surface area contributed by atoms with Gasteiger partial charge in [-0.15, -0.1) is 0 Å². The maximum atomic E-state index is 12.4. The van der Waals surface area contributed by atoms with Crippen LogP contribution in [0.5, 0.6) is 0 Å². The molecule has 0 bridgehead atoms. The number of aromatic nitrogens is 2. The van der Waals surface area contributed by atoms with Gasteiger partial charge in [0, 0.05) is 17.1 Å². The molecule has 2 amide bonds. The summed E-state index contributed by atoms with van der Waals surface area (Å²) in [7, 11) is 2.82. The molecule has 0 radical (unpaired) electrons. The molecule has 12 heteroatoms. The number of amides is 2. The highest BCUT2D eigenvalue weighted by Gasteiger charge is 2.42. The molecule has 9 nitrogen and oxygen atoms in total. The van der Waals surface area contributed by atoms with Gasteiger partial charge in [0.15, 0.2) is 6.23 Å². The second-order valence-corrected chi connectivity index (χ2v) is 7.26. The third-order valence-corrected chi connectivity index (χ3v) is 4.68. The summed E-state index contributed by atoms with van der Waals surface area (Å²) in [4.78, 5) is 36.3. The lowest BCUT2D eigenvalue weighted by Crippen LogP contribution is -2.45. The van der Waals surface area contributed by atoms with Gasteiger partial charge in [0.2, 0.25) is 0 Å². The molecule has 1 aromatic heterocycles. The van der Waals surface area contributed by atoms with E-state index in [0.717, 1.165) is 0 Å². The van der Waals surface area contributed by atoms with Crippen molar-refractivity contribution >= 4 is 28.7 Å². The Bertz CT molecular complexity index is 1190. The van der Waals surface area contributed by atoms with Gasteiger partial charge in [0.25, 0.3) is 11.8 Å². The first-order valence-corrected chi connectivity index (χ1v) is 9.58. The number of primary amides is 1. The third-order valence-electron chi connectivity index (χ3n) is 4.68. The molecule has 3 rings (SSSR count). The zero-order valence-corrected chi connectivity index (χ0v) is 17.6. The molecule has 1 atom stereocenters. The van der Waals surface area contributed by atoms with Gasteiger partial charge in [-0.05, 0) is 44.4 Å². The van der Waals surface area contributed by atoms with Gasteiger partial charge >= 0.3 is 12.1 Å². The van der Waals surface area contributed by atoms with E-state index in [1.54, 1.807) is 36.5 Å². The van der Waals surface area contributed by atoms with Gasteiger partial charge in [-0.2, -0.15) is 18.3 Å². The maximum absolute atomic E-state index is 12.4. The average molecular weight is 463 g/mol. The van der Waals surface area contributed by atoms with E-state index in [0.29, 0.717) is 16.6 Å². The monoisotopic (exact) mass is 463 g/mol. The molecule has 3 aromatic rings. The zero-order chi connectivity index (χ0) is 24.3. The van der Waals surface area contributed by atoms with Gasteiger partial charge in [0.05, 0.1) is 17.8 Å². The lowest BCUT2D eigenvalue weighted by molar-refractivity contribution is -0.210. The number of halogens is 3. The van der Waals surface area contributed by atoms with Crippen LogP contribution in [0.4, 0.5) is 13.2 Å².